The third-order valence-electron chi connectivity index (χ3n) is 3.52. The minimum atomic E-state index is 0.0747. The van der Waals surface area contributed by atoms with Gasteiger partial charge in [-0.2, -0.15) is 0 Å². The van der Waals surface area contributed by atoms with Crippen LogP contribution in [0.15, 0.2) is 24.3 Å². The monoisotopic (exact) mass is 185 g/mol. The highest BCUT2D eigenvalue weighted by Crippen LogP contribution is 2.45. The van der Waals surface area contributed by atoms with E-state index < -0.39 is 0 Å². The van der Waals surface area contributed by atoms with Crippen LogP contribution in [0.25, 0.3) is 0 Å². The van der Waals surface area contributed by atoms with Crippen LogP contribution in [0.2, 0.25) is 12.6 Å². The van der Waals surface area contributed by atoms with Gasteiger partial charge in [-0.05, 0) is 24.0 Å². The Morgan fingerprint density at radius 2 is 1.93 bits per heavy atom. The Morgan fingerprint density at radius 1 is 1.14 bits per heavy atom. The van der Waals surface area contributed by atoms with E-state index in [0.717, 1.165) is 6.61 Å². The predicted molar refractivity (Wildman–Crippen MR) is 57.5 cm³/mol. The zero-order chi connectivity index (χ0) is 9.43. The lowest BCUT2D eigenvalue weighted by Crippen LogP contribution is -2.29. The summed E-state index contributed by atoms with van der Waals surface area (Å²) in [5.41, 5.74) is 2.92. The molecule has 1 radical (unpaired) electrons. The van der Waals surface area contributed by atoms with E-state index in [9.17, 15) is 0 Å². The minimum absolute atomic E-state index is 0.0747. The molecule has 1 aromatic rings. The van der Waals surface area contributed by atoms with Gasteiger partial charge in [-0.25, -0.2) is 0 Å². The molecule has 0 aromatic heterocycles. The molecule has 0 bridgehead atoms. The van der Waals surface area contributed by atoms with Crippen LogP contribution in [0.3, 0.4) is 0 Å². The Kier molecular flexibility index (Phi) is 1.91. The topological polar surface area (TPSA) is 9.23 Å². The molecule has 0 aliphatic carbocycles. The highest BCUT2D eigenvalue weighted by molar-refractivity contribution is 6.35. The maximum Gasteiger partial charge on any atom is 0.109 e. The van der Waals surface area contributed by atoms with Crippen molar-refractivity contribution in [3.05, 3.63) is 35.4 Å². The quantitative estimate of drug-likeness (QED) is 0.564. The molecule has 1 spiro atoms. The number of ether oxygens (including phenoxy) is 1. The molecule has 0 saturated carbocycles. The largest absolute Gasteiger partial charge is 0.366 e. The number of hydrogen-bond acceptors (Lipinski definition) is 1. The van der Waals surface area contributed by atoms with Crippen molar-refractivity contribution in [1.82, 2.24) is 0 Å². The number of fused-ring (bicyclic) bond motifs is 2. The first-order chi connectivity index (χ1) is 6.91. The summed E-state index contributed by atoms with van der Waals surface area (Å²) in [7, 11) is 2.38. The molecule has 1 fully saturated rings. The zero-order valence-electron chi connectivity index (χ0n) is 8.33. The van der Waals surface area contributed by atoms with Gasteiger partial charge in [-0.1, -0.05) is 36.9 Å². The fraction of sp³-hybridized carbons (Fsp3) is 0.500. The van der Waals surface area contributed by atoms with Gasteiger partial charge in [0.2, 0.25) is 0 Å². The Bertz CT molecular complexity index is 336. The average Bonchev–Trinajstić information content (AvgIpc) is 2.60. The molecule has 1 aromatic carbocycles. The second kappa shape index (κ2) is 3.13. The first kappa shape index (κ1) is 8.54. The summed E-state index contributed by atoms with van der Waals surface area (Å²) >= 11 is 0. The lowest BCUT2D eigenvalue weighted by Gasteiger charge is -2.33. The fourth-order valence-corrected chi connectivity index (χ4v) is 2.74. The molecule has 0 N–H and O–H groups in total. The Hall–Kier alpha value is -0.755. The summed E-state index contributed by atoms with van der Waals surface area (Å²) in [6, 6.07) is 8.68. The van der Waals surface area contributed by atoms with E-state index in [1.807, 2.05) is 0 Å². The van der Waals surface area contributed by atoms with Crippen molar-refractivity contribution in [2.24, 2.45) is 0 Å². The van der Waals surface area contributed by atoms with Crippen LogP contribution >= 0.6 is 0 Å². The van der Waals surface area contributed by atoms with Crippen LogP contribution in [-0.2, 0) is 16.9 Å². The first-order valence-corrected chi connectivity index (χ1v) is 5.45. The van der Waals surface area contributed by atoms with Gasteiger partial charge in [0.25, 0.3) is 0 Å². The van der Waals surface area contributed by atoms with E-state index in [0.29, 0.717) is 0 Å². The molecule has 2 aliphatic heterocycles. The molecule has 0 atom stereocenters. The van der Waals surface area contributed by atoms with Crippen LogP contribution in [0, 0.1) is 0 Å². The van der Waals surface area contributed by atoms with Gasteiger partial charge < -0.3 is 4.74 Å². The van der Waals surface area contributed by atoms with Crippen LogP contribution in [0.5, 0.6) is 0 Å². The van der Waals surface area contributed by atoms with Gasteiger partial charge in [-0.3, -0.25) is 0 Å². The van der Waals surface area contributed by atoms with E-state index in [4.69, 9.17) is 4.74 Å². The first-order valence-electron chi connectivity index (χ1n) is 5.45. The lowest BCUT2D eigenvalue weighted by molar-refractivity contribution is -0.0466. The summed E-state index contributed by atoms with van der Waals surface area (Å²) in [5.74, 6) is 0. The number of benzene rings is 1. The Labute approximate surface area is 85.7 Å². The van der Waals surface area contributed by atoms with Gasteiger partial charge >= 0.3 is 0 Å². The second-order valence-electron chi connectivity index (χ2n) is 4.31. The van der Waals surface area contributed by atoms with E-state index in [1.165, 1.54) is 36.6 Å². The van der Waals surface area contributed by atoms with Crippen LogP contribution < -0.4 is 0 Å². The molecule has 1 saturated heterocycles. The van der Waals surface area contributed by atoms with Crippen LogP contribution in [0.1, 0.15) is 24.0 Å². The van der Waals surface area contributed by atoms with Crippen molar-refractivity contribution >= 4 is 7.28 Å². The molecular weight excluding hydrogens is 171 g/mol. The highest BCUT2D eigenvalue weighted by atomic mass is 16.5. The third-order valence-corrected chi connectivity index (χ3v) is 3.52. The van der Waals surface area contributed by atoms with Gasteiger partial charge in [0.15, 0.2) is 0 Å². The minimum Gasteiger partial charge on any atom is -0.366 e. The molecule has 2 aliphatic rings. The Morgan fingerprint density at radius 3 is 2.79 bits per heavy atom. The molecule has 0 unspecified atom stereocenters. The van der Waals surface area contributed by atoms with Crippen LogP contribution in [0.4, 0.5) is 0 Å². The van der Waals surface area contributed by atoms with E-state index in [1.54, 1.807) is 0 Å². The van der Waals surface area contributed by atoms with Crippen molar-refractivity contribution in [3.8, 4) is 0 Å². The maximum absolute atomic E-state index is 6.03. The molecule has 14 heavy (non-hydrogen) atoms. The predicted octanol–water partition coefficient (Wildman–Crippen LogP) is 2.75. The van der Waals surface area contributed by atoms with Crippen molar-refractivity contribution in [1.29, 1.82) is 0 Å². The van der Waals surface area contributed by atoms with Crippen molar-refractivity contribution < 1.29 is 4.74 Å². The van der Waals surface area contributed by atoms with Gasteiger partial charge in [0.1, 0.15) is 7.28 Å². The zero-order valence-corrected chi connectivity index (χ0v) is 8.33. The summed E-state index contributed by atoms with van der Waals surface area (Å²) in [5, 5.41) is 0. The smallest absolute Gasteiger partial charge is 0.109 e. The normalized spacial score (nSPS) is 23.1. The maximum atomic E-state index is 6.03. The number of hydrogen-bond donors (Lipinski definition) is 0. The van der Waals surface area contributed by atoms with E-state index in [-0.39, 0.29) is 5.60 Å². The molecule has 3 rings (SSSR count). The SMILES string of the molecule is [B]1CCC2(CC1)OCc1ccccc12. The molecular formula is C12H14BO. The average molecular weight is 185 g/mol. The van der Waals surface area contributed by atoms with Crippen molar-refractivity contribution in [3.63, 3.8) is 0 Å². The summed E-state index contributed by atoms with van der Waals surface area (Å²) in [6.45, 7) is 0.816. The Balaban J connectivity index is 2.03. The summed E-state index contributed by atoms with van der Waals surface area (Å²) in [6.07, 6.45) is 4.75. The summed E-state index contributed by atoms with van der Waals surface area (Å²) < 4.78 is 6.03. The van der Waals surface area contributed by atoms with Crippen LogP contribution in [-0.4, -0.2) is 7.28 Å². The summed E-state index contributed by atoms with van der Waals surface area (Å²) in [4.78, 5) is 0. The molecule has 0 amide bonds. The van der Waals surface area contributed by atoms with E-state index >= 15 is 0 Å². The van der Waals surface area contributed by atoms with Gasteiger partial charge in [-0.15, -0.1) is 0 Å². The van der Waals surface area contributed by atoms with Crippen molar-refractivity contribution in [2.45, 2.75) is 37.7 Å². The molecule has 2 heterocycles. The standard InChI is InChI=1S/C12H14BO/c1-2-4-11-10(3-1)9-14-12(11)5-7-13-8-6-12/h1-4H,5-9H2. The lowest BCUT2D eigenvalue weighted by atomic mass is 9.59. The molecule has 1 nitrogen and oxygen atoms in total. The van der Waals surface area contributed by atoms with Crippen molar-refractivity contribution in [2.75, 3.05) is 0 Å². The number of rotatable bonds is 0. The molecule has 71 valence electrons. The van der Waals surface area contributed by atoms with Gasteiger partial charge in [0.05, 0.1) is 12.2 Å². The highest BCUT2D eigenvalue weighted by Gasteiger charge is 2.40. The van der Waals surface area contributed by atoms with E-state index in [2.05, 4.69) is 31.5 Å². The third kappa shape index (κ3) is 1.14. The fourth-order valence-electron chi connectivity index (χ4n) is 2.74. The van der Waals surface area contributed by atoms with Gasteiger partial charge in [0, 0.05) is 0 Å². The second-order valence-corrected chi connectivity index (χ2v) is 4.31. The molecule has 2 heteroatoms.